The van der Waals surface area contributed by atoms with Gasteiger partial charge in [-0.25, -0.2) is 9.98 Å². The number of hydrogen-bond acceptors (Lipinski definition) is 4. The molecule has 1 rings (SSSR count). The molecule has 1 aromatic heterocycles. The number of rotatable bonds is 10. The fraction of sp³-hybridized carbons (Fsp3) is 0.684. The van der Waals surface area contributed by atoms with Crippen molar-refractivity contribution in [1.29, 1.82) is 0 Å². The van der Waals surface area contributed by atoms with E-state index in [4.69, 9.17) is 4.74 Å². The van der Waals surface area contributed by atoms with E-state index in [1.165, 1.54) is 0 Å². The Balaban J connectivity index is 2.60. The lowest BCUT2D eigenvalue weighted by atomic mass is 10.2. The van der Waals surface area contributed by atoms with Crippen LogP contribution >= 0.6 is 0 Å². The van der Waals surface area contributed by atoms with Gasteiger partial charge in [-0.1, -0.05) is 0 Å². The number of hydrogen-bond donors (Lipinski definition) is 2. The van der Waals surface area contributed by atoms with Gasteiger partial charge in [-0.2, -0.15) is 0 Å². The molecule has 1 heterocycles. The highest BCUT2D eigenvalue weighted by Crippen LogP contribution is 2.10. The van der Waals surface area contributed by atoms with Gasteiger partial charge in [0.05, 0.1) is 13.2 Å². The van der Waals surface area contributed by atoms with Gasteiger partial charge in [0, 0.05) is 44.0 Å². The molecule has 0 radical (unpaired) electrons. The van der Waals surface area contributed by atoms with Crippen molar-refractivity contribution in [1.82, 2.24) is 20.5 Å². The molecule has 0 aliphatic rings. The SMILES string of the molecule is CCNC(=NCc1ccnc(OCC)c1)NCCN(C(C)C)C(C)C. The molecular weight excluding hydrogens is 314 g/mol. The number of aromatic nitrogens is 1. The van der Waals surface area contributed by atoms with Crippen LogP contribution in [0.25, 0.3) is 0 Å². The third kappa shape index (κ3) is 8.20. The van der Waals surface area contributed by atoms with Crippen LogP contribution in [0.15, 0.2) is 23.3 Å². The van der Waals surface area contributed by atoms with Gasteiger partial charge in [0.2, 0.25) is 5.88 Å². The fourth-order valence-electron chi connectivity index (χ4n) is 2.70. The summed E-state index contributed by atoms with van der Waals surface area (Å²) in [6, 6.07) is 4.98. The minimum atomic E-state index is 0.537. The lowest BCUT2D eigenvalue weighted by molar-refractivity contribution is 0.178. The highest BCUT2D eigenvalue weighted by Gasteiger charge is 2.12. The van der Waals surface area contributed by atoms with E-state index in [2.05, 4.69) is 60.1 Å². The first kappa shape index (κ1) is 21.2. The normalized spacial score (nSPS) is 12.1. The first-order valence-corrected chi connectivity index (χ1v) is 9.33. The molecule has 0 unspecified atom stereocenters. The summed E-state index contributed by atoms with van der Waals surface area (Å²) < 4.78 is 5.44. The lowest BCUT2D eigenvalue weighted by Crippen LogP contribution is -2.45. The predicted molar refractivity (Wildman–Crippen MR) is 105 cm³/mol. The summed E-state index contributed by atoms with van der Waals surface area (Å²) in [7, 11) is 0. The fourth-order valence-corrected chi connectivity index (χ4v) is 2.70. The van der Waals surface area contributed by atoms with Crippen LogP contribution in [0, 0.1) is 0 Å². The van der Waals surface area contributed by atoms with Gasteiger partial charge in [-0.3, -0.25) is 4.90 Å². The van der Waals surface area contributed by atoms with Crippen molar-refractivity contribution in [2.45, 2.75) is 60.2 Å². The molecular formula is C19H35N5O. The van der Waals surface area contributed by atoms with Gasteiger partial charge in [0.25, 0.3) is 0 Å². The molecule has 0 aliphatic carbocycles. The van der Waals surface area contributed by atoms with Gasteiger partial charge >= 0.3 is 0 Å². The molecule has 142 valence electrons. The van der Waals surface area contributed by atoms with E-state index in [1.54, 1.807) is 6.20 Å². The average molecular weight is 350 g/mol. The van der Waals surface area contributed by atoms with Crippen LogP contribution in [0.5, 0.6) is 5.88 Å². The quantitative estimate of drug-likeness (QED) is 0.502. The summed E-state index contributed by atoms with van der Waals surface area (Å²) in [5.41, 5.74) is 1.08. The van der Waals surface area contributed by atoms with Crippen molar-refractivity contribution in [3.8, 4) is 5.88 Å². The van der Waals surface area contributed by atoms with Gasteiger partial charge in [0.15, 0.2) is 5.96 Å². The van der Waals surface area contributed by atoms with Crippen LogP contribution in [-0.4, -0.2) is 54.2 Å². The number of nitrogens with one attached hydrogen (secondary N) is 2. The number of guanidine groups is 1. The molecule has 0 aliphatic heterocycles. The molecule has 25 heavy (non-hydrogen) atoms. The smallest absolute Gasteiger partial charge is 0.213 e. The van der Waals surface area contributed by atoms with Crippen LogP contribution in [0.1, 0.15) is 47.1 Å². The van der Waals surface area contributed by atoms with Crippen LogP contribution in [0.4, 0.5) is 0 Å². The van der Waals surface area contributed by atoms with Crippen molar-refractivity contribution in [3.63, 3.8) is 0 Å². The van der Waals surface area contributed by atoms with Crippen molar-refractivity contribution < 1.29 is 4.74 Å². The van der Waals surface area contributed by atoms with Crippen molar-refractivity contribution in [2.75, 3.05) is 26.2 Å². The van der Waals surface area contributed by atoms with Crippen LogP contribution in [0.3, 0.4) is 0 Å². The zero-order valence-corrected chi connectivity index (χ0v) is 16.7. The molecule has 1 aromatic rings. The number of aliphatic imine (C=N–C) groups is 1. The molecule has 0 fully saturated rings. The van der Waals surface area contributed by atoms with E-state index in [1.807, 2.05) is 19.1 Å². The standard InChI is InChI=1S/C19H35N5O/c1-7-20-19(22-11-12-24(15(3)4)16(5)6)23-14-17-9-10-21-18(13-17)25-8-2/h9-10,13,15-16H,7-8,11-12,14H2,1-6H3,(H2,20,22,23). The van der Waals surface area contributed by atoms with Gasteiger partial charge in [-0.15, -0.1) is 0 Å². The molecule has 0 saturated carbocycles. The maximum atomic E-state index is 5.44. The van der Waals surface area contributed by atoms with Crippen LogP contribution in [0.2, 0.25) is 0 Å². The van der Waals surface area contributed by atoms with E-state index in [9.17, 15) is 0 Å². The monoisotopic (exact) mass is 349 g/mol. The van der Waals surface area contributed by atoms with Crippen molar-refractivity contribution in [2.24, 2.45) is 4.99 Å². The second-order valence-corrected chi connectivity index (χ2v) is 6.48. The zero-order chi connectivity index (χ0) is 18.7. The van der Waals surface area contributed by atoms with E-state index in [0.717, 1.165) is 31.2 Å². The number of ether oxygens (including phenoxy) is 1. The highest BCUT2D eigenvalue weighted by atomic mass is 16.5. The Hall–Kier alpha value is -1.82. The van der Waals surface area contributed by atoms with E-state index < -0.39 is 0 Å². The number of pyridine rings is 1. The van der Waals surface area contributed by atoms with E-state index >= 15 is 0 Å². The van der Waals surface area contributed by atoms with Gasteiger partial charge in [0.1, 0.15) is 0 Å². The minimum absolute atomic E-state index is 0.537. The third-order valence-electron chi connectivity index (χ3n) is 3.84. The van der Waals surface area contributed by atoms with E-state index in [-0.39, 0.29) is 0 Å². The second-order valence-electron chi connectivity index (χ2n) is 6.48. The zero-order valence-electron chi connectivity index (χ0n) is 16.7. The molecule has 2 N–H and O–H groups in total. The summed E-state index contributed by atoms with van der Waals surface area (Å²) in [4.78, 5) is 11.3. The molecule has 0 amide bonds. The Morgan fingerprint density at radius 1 is 1.20 bits per heavy atom. The average Bonchev–Trinajstić information content (AvgIpc) is 2.56. The maximum Gasteiger partial charge on any atom is 0.213 e. The molecule has 6 heteroatoms. The molecule has 0 saturated heterocycles. The summed E-state index contributed by atoms with van der Waals surface area (Å²) >= 11 is 0. The molecule has 0 spiro atoms. The largest absolute Gasteiger partial charge is 0.478 e. The third-order valence-corrected chi connectivity index (χ3v) is 3.84. The molecule has 6 nitrogen and oxygen atoms in total. The van der Waals surface area contributed by atoms with Crippen molar-refractivity contribution in [3.05, 3.63) is 23.9 Å². The Morgan fingerprint density at radius 3 is 2.52 bits per heavy atom. The maximum absolute atomic E-state index is 5.44. The Bertz CT molecular complexity index is 508. The van der Waals surface area contributed by atoms with Gasteiger partial charge < -0.3 is 15.4 Å². The van der Waals surface area contributed by atoms with Crippen LogP contribution in [-0.2, 0) is 6.54 Å². The minimum Gasteiger partial charge on any atom is -0.478 e. The van der Waals surface area contributed by atoms with Crippen molar-refractivity contribution >= 4 is 5.96 Å². The predicted octanol–water partition coefficient (Wildman–Crippen LogP) is 2.65. The molecule has 0 bridgehead atoms. The highest BCUT2D eigenvalue weighted by molar-refractivity contribution is 5.79. The Labute approximate surface area is 153 Å². The van der Waals surface area contributed by atoms with E-state index in [0.29, 0.717) is 31.1 Å². The first-order chi connectivity index (χ1) is 12.0. The van der Waals surface area contributed by atoms with Crippen LogP contribution < -0.4 is 15.4 Å². The Kier molecular flexibility index (Phi) is 9.92. The lowest BCUT2D eigenvalue weighted by Gasteiger charge is -2.30. The molecule has 0 aromatic carbocycles. The first-order valence-electron chi connectivity index (χ1n) is 9.33. The molecule has 0 atom stereocenters. The number of nitrogens with zero attached hydrogens (tertiary/aromatic N) is 3. The summed E-state index contributed by atoms with van der Waals surface area (Å²) in [6.45, 7) is 16.9. The summed E-state index contributed by atoms with van der Waals surface area (Å²) in [6.07, 6.45) is 1.76. The topological polar surface area (TPSA) is 61.8 Å². The van der Waals surface area contributed by atoms with Gasteiger partial charge in [-0.05, 0) is 53.2 Å². The summed E-state index contributed by atoms with van der Waals surface area (Å²) in [5.74, 6) is 1.49. The Morgan fingerprint density at radius 2 is 1.92 bits per heavy atom. The second kappa shape index (κ2) is 11.7. The summed E-state index contributed by atoms with van der Waals surface area (Å²) in [5, 5.41) is 6.72.